The van der Waals surface area contributed by atoms with Gasteiger partial charge in [-0.1, -0.05) is 30.3 Å². The molecule has 0 aliphatic rings. The minimum absolute atomic E-state index is 0.0663. The molecule has 1 atom stereocenters. The Balaban J connectivity index is 0.00000145. The first-order chi connectivity index (χ1) is 17.3. The molecule has 0 bridgehead atoms. The number of nitrogens with one attached hydrogen (secondary N) is 3. The number of nitrogens with two attached hydrogens (primary N) is 1. The highest BCUT2D eigenvalue weighted by molar-refractivity contribution is 6.11. The van der Waals surface area contributed by atoms with Gasteiger partial charge < -0.3 is 30.9 Å². The third-order valence-electron chi connectivity index (χ3n) is 5.07. The molecule has 0 fully saturated rings. The molecule has 0 saturated carbocycles. The van der Waals surface area contributed by atoms with E-state index in [9.17, 15) is 9.59 Å². The fourth-order valence-electron chi connectivity index (χ4n) is 3.30. The highest BCUT2D eigenvalue weighted by Gasteiger charge is 2.28. The van der Waals surface area contributed by atoms with Crippen molar-refractivity contribution in [2.24, 2.45) is 5.73 Å². The summed E-state index contributed by atoms with van der Waals surface area (Å²) in [5.74, 6) is -0.848. The van der Waals surface area contributed by atoms with Gasteiger partial charge in [0.2, 0.25) is 11.8 Å². The van der Waals surface area contributed by atoms with Crippen molar-refractivity contribution < 1.29 is 29.0 Å². The maximum Gasteiger partial charge on any atom is 0.290 e. The van der Waals surface area contributed by atoms with Crippen LogP contribution in [0.1, 0.15) is 22.6 Å². The average Bonchev–Trinajstić information content (AvgIpc) is 2.89. The molecule has 0 heterocycles. The average molecular weight is 493 g/mol. The summed E-state index contributed by atoms with van der Waals surface area (Å²) in [4.78, 5) is 34.6. The zero-order valence-corrected chi connectivity index (χ0v) is 19.9. The van der Waals surface area contributed by atoms with Gasteiger partial charge >= 0.3 is 0 Å². The van der Waals surface area contributed by atoms with Crippen LogP contribution in [-0.2, 0) is 20.9 Å². The highest BCUT2D eigenvalue weighted by Crippen LogP contribution is 2.25. The Morgan fingerprint density at radius 1 is 1.00 bits per heavy atom. The lowest BCUT2D eigenvalue weighted by Gasteiger charge is -2.18. The van der Waals surface area contributed by atoms with Gasteiger partial charge in [0.05, 0.1) is 14.2 Å². The van der Waals surface area contributed by atoms with E-state index in [2.05, 4.69) is 10.6 Å². The van der Waals surface area contributed by atoms with E-state index < -0.39 is 17.7 Å². The fraction of sp³-hybridized carbons (Fsp3) is 0.154. The standard InChI is InChI=1S/C25H26N4O4.CH2O2/c1-32-20-13-10-18(21(14-20)33-2)15-28-24(30)22(16-6-4-3-5-7-16)25(31)29-19-11-8-17(9-12-19)23(26)27;2-1-3/h3-14,22H,15H2,1-2H3,(H3,26,27)(H,28,30)(H,29,31);1H,(H,2,3). The van der Waals surface area contributed by atoms with Crippen molar-refractivity contribution in [1.29, 1.82) is 5.41 Å². The molecular weight excluding hydrogens is 464 g/mol. The van der Waals surface area contributed by atoms with Crippen molar-refractivity contribution in [1.82, 2.24) is 5.32 Å². The lowest BCUT2D eigenvalue weighted by atomic mass is 9.96. The molecule has 3 aromatic carbocycles. The number of carbonyl (C=O) groups excluding carboxylic acids is 2. The molecule has 0 spiro atoms. The Morgan fingerprint density at radius 2 is 1.64 bits per heavy atom. The second-order valence-corrected chi connectivity index (χ2v) is 7.32. The van der Waals surface area contributed by atoms with E-state index in [1.165, 1.54) is 7.11 Å². The molecule has 3 aromatic rings. The van der Waals surface area contributed by atoms with E-state index in [1.807, 2.05) is 6.07 Å². The number of carbonyl (C=O) groups is 3. The van der Waals surface area contributed by atoms with Gasteiger partial charge in [-0.2, -0.15) is 0 Å². The van der Waals surface area contributed by atoms with Crippen LogP contribution in [0, 0.1) is 5.41 Å². The predicted octanol–water partition coefficient (Wildman–Crippen LogP) is 2.73. The number of ether oxygens (including phenoxy) is 2. The molecule has 10 nitrogen and oxygen atoms in total. The summed E-state index contributed by atoms with van der Waals surface area (Å²) in [6.45, 7) is -0.0735. The Kier molecular flexibility index (Phi) is 10.5. The smallest absolute Gasteiger partial charge is 0.290 e. The van der Waals surface area contributed by atoms with Crippen LogP contribution >= 0.6 is 0 Å². The molecule has 0 radical (unpaired) electrons. The molecule has 6 N–H and O–H groups in total. The molecule has 0 aliphatic heterocycles. The van der Waals surface area contributed by atoms with Crippen molar-refractivity contribution in [3.05, 3.63) is 89.5 Å². The van der Waals surface area contributed by atoms with Crippen LogP contribution < -0.4 is 25.8 Å². The number of amides is 2. The van der Waals surface area contributed by atoms with E-state index in [1.54, 1.807) is 73.8 Å². The summed E-state index contributed by atoms with van der Waals surface area (Å²) in [5.41, 5.74) is 7.82. The van der Waals surface area contributed by atoms with Crippen LogP contribution in [0.15, 0.2) is 72.8 Å². The van der Waals surface area contributed by atoms with Crippen LogP contribution in [-0.4, -0.2) is 43.4 Å². The second-order valence-electron chi connectivity index (χ2n) is 7.32. The predicted molar refractivity (Wildman–Crippen MR) is 135 cm³/mol. The van der Waals surface area contributed by atoms with Gasteiger partial charge in [-0.05, 0) is 42.0 Å². The van der Waals surface area contributed by atoms with Gasteiger partial charge in [0.1, 0.15) is 23.3 Å². The van der Waals surface area contributed by atoms with Crippen molar-refractivity contribution >= 4 is 29.8 Å². The minimum atomic E-state index is -1.07. The number of amidine groups is 1. The van der Waals surface area contributed by atoms with E-state index >= 15 is 0 Å². The van der Waals surface area contributed by atoms with E-state index in [0.717, 1.165) is 5.56 Å². The normalized spacial score (nSPS) is 10.6. The van der Waals surface area contributed by atoms with Crippen LogP contribution in [0.3, 0.4) is 0 Å². The Morgan fingerprint density at radius 3 is 2.19 bits per heavy atom. The summed E-state index contributed by atoms with van der Waals surface area (Å²) < 4.78 is 10.6. The highest BCUT2D eigenvalue weighted by atomic mass is 16.5. The Labute approximate surface area is 208 Å². The number of anilines is 1. The summed E-state index contributed by atoms with van der Waals surface area (Å²) in [7, 11) is 3.10. The second kappa shape index (κ2) is 13.8. The van der Waals surface area contributed by atoms with Gasteiger partial charge in [-0.3, -0.25) is 19.8 Å². The molecule has 0 aromatic heterocycles. The zero-order chi connectivity index (χ0) is 26.5. The molecule has 0 aliphatic carbocycles. The van der Waals surface area contributed by atoms with Crippen molar-refractivity contribution in [3.8, 4) is 11.5 Å². The van der Waals surface area contributed by atoms with Gasteiger partial charge in [-0.15, -0.1) is 0 Å². The van der Waals surface area contributed by atoms with Crippen molar-refractivity contribution in [3.63, 3.8) is 0 Å². The molecule has 2 amide bonds. The quantitative estimate of drug-likeness (QED) is 0.133. The third kappa shape index (κ3) is 7.59. The summed E-state index contributed by atoms with van der Waals surface area (Å²) in [6, 6.07) is 20.7. The summed E-state index contributed by atoms with van der Waals surface area (Å²) >= 11 is 0. The van der Waals surface area contributed by atoms with Gasteiger partial charge in [-0.25, -0.2) is 0 Å². The minimum Gasteiger partial charge on any atom is -0.497 e. The first-order valence-corrected chi connectivity index (χ1v) is 10.7. The number of hydrogen-bond donors (Lipinski definition) is 5. The lowest BCUT2D eigenvalue weighted by molar-refractivity contribution is -0.129. The Bertz CT molecular complexity index is 1180. The maximum atomic E-state index is 13.1. The van der Waals surface area contributed by atoms with Gasteiger partial charge in [0.15, 0.2) is 0 Å². The fourth-order valence-corrected chi connectivity index (χ4v) is 3.30. The number of hydrogen-bond acceptors (Lipinski definition) is 6. The maximum absolute atomic E-state index is 13.1. The lowest BCUT2D eigenvalue weighted by Crippen LogP contribution is -2.36. The van der Waals surface area contributed by atoms with Crippen LogP contribution in [0.2, 0.25) is 0 Å². The van der Waals surface area contributed by atoms with Crippen LogP contribution in [0.4, 0.5) is 5.69 Å². The third-order valence-corrected chi connectivity index (χ3v) is 5.07. The number of methoxy groups -OCH3 is 2. The van der Waals surface area contributed by atoms with Crippen LogP contribution in [0.5, 0.6) is 11.5 Å². The first kappa shape index (κ1) is 27.4. The van der Waals surface area contributed by atoms with Crippen molar-refractivity contribution in [2.45, 2.75) is 12.5 Å². The summed E-state index contributed by atoms with van der Waals surface area (Å²) in [5, 5.41) is 20.0. The van der Waals surface area contributed by atoms with Crippen LogP contribution in [0.25, 0.3) is 0 Å². The molecule has 0 saturated heterocycles. The molecule has 36 heavy (non-hydrogen) atoms. The van der Waals surface area contributed by atoms with E-state index in [0.29, 0.717) is 28.3 Å². The number of benzene rings is 3. The first-order valence-electron chi connectivity index (χ1n) is 10.7. The zero-order valence-electron chi connectivity index (χ0n) is 19.9. The number of nitrogen functional groups attached to an aromatic ring is 1. The number of carboxylic acid groups (broad SMARTS) is 1. The molecule has 1 unspecified atom stereocenters. The largest absolute Gasteiger partial charge is 0.497 e. The monoisotopic (exact) mass is 492 g/mol. The topological polar surface area (TPSA) is 164 Å². The van der Waals surface area contributed by atoms with E-state index in [4.69, 9.17) is 30.5 Å². The van der Waals surface area contributed by atoms with Gasteiger partial charge in [0, 0.05) is 29.4 Å². The molecule has 188 valence electrons. The molecule has 10 heteroatoms. The SMILES string of the molecule is COc1ccc(CNC(=O)C(C(=O)Nc2ccc(C(=N)N)cc2)c2ccccc2)c(OC)c1.O=CO. The van der Waals surface area contributed by atoms with Crippen molar-refractivity contribution in [2.75, 3.05) is 19.5 Å². The Hall–Kier alpha value is -4.86. The van der Waals surface area contributed by atoms with E-state index in [-0.39, 0.29) is 18.9 Å². The summed E-state index contributed by atoms with van der Waals surface area (Å²) in [6.07, 6.45) is 0. The van der Waals surface area contributed by atoms with Gasteiger partial charge in [0.25, 0.3) is 6.47 Å². The molecule has 3 rings (SSSR count). The molecular formula is C26H28N4O6. The number of rotatable bonds is 9.